The first-order valence-corrected chi connectivity index (χ1v) is 4.67. The molecule has 0 fully saturated rings. The molecule has 0 atom stereocenters. The van der Waals surface area contributed by atoms with E-state index in [4.69, 9.17) is 11.6 Å². The average molecular weight is 204 g/mol. The van der Waals surface area contributed by atoms with Gasteiger partial charge in [-0.3, -0.25) is 5.11 Å². The first kappa shape index (κ1) is 9.10. The molecule has 2 aromatic carbocycles. The van der Waals surface area contributed by atoms with Gasteiger partial charge in [-0.2, -0.15) is 0 Å². The molecule has 14 heavy (non-hydrogen) atoms. The normalized spacial score (nSPS) is 10.1. The van der Waals surface area contributed by atoms with Crippen LogP contribution in [0, 0.1) is 0 Å². The standard InChI is InChI=1S/C12H8ClO/c13-11-8-10(6-7-12(11)14)9-4-2-1-3-5-9/h1-8H. The summed E-state index contributed by atoms with van der Waals surface area (Å²) in [4.78, 5) is 0. The molecule has 1 radical (unpaired) electrons. The molecule has 0 unspecified atom stereocenters. The van der Waals surface area contributed by atoms with Crippen LogP contribution in [0.5, 0.6) is 5.75 Å². The number of hydrogen-bond acceptors (Lipinski definition) is 0. The minimum atomic E-state index is -0.133. The highest BCUT2D eigenvalue weighted by atomic mass is 35.5. The predicted octanol–water partition coefficient (Wildman–Crippen LogP) is 4.15. The van der Waals surface area contributed by atoms with E-state index in [1.807, 2.05) is 30.3 Å². The molecule has 2 heteroatoms. The summed E-state index contributed by atoms with van der Waals surface area (Å²) >= 11 is 5.75. The maximum Gasteiger partial charge on any atom is 0.197 e. The lowest BCUT2D eigenvalue weighted by atomic mass is 10.1. The Morgan fingerprint density at radius 2 is 1.57 bits per heavy atom. The van der Waals surface area contributed by atoms with Gasteiger partial charge in [-0.1, -0.05) is 48.0 Å². The van der Waals surface area contributed by atoms with Gasteiger partial charge < -0.3 is 0 Å². The summed E-state index contributed by atoms with van der Waals surface area (Å²) in [7, 11) is 0. The minimum Gasteiger partial charge on any atom is -0.288 e. The van der Waals surface area contributed by atoms with Crippen LogP contribution >= 0.6 is 11.6 Å². The lowest BCUT2D eigenvalue weighted by Crippen LogP contribution is -1.76. The van der Waals surface area contributed by atoms with E-state index >= 15 is 0 Å². The van der Waals surface area contributed by atoms with Gasteiger partial charge in [0.05, 0.1) is 5.02 Å². The lowest BCUT2D eigenvalue weighted by Gasteiger charge is -2.01. The summed E-state index contributed by atoms with van der Waals surface area (Å²) in [6.07, 6.45) is 0. The molecule has 0 saturated carbocycles. The molecule has 0 saturated heterocycles. The third-order valence-corrected chi connectivity index (χ3v) is 2.33. The number of benzene rings is 2. The second-order valence-electron chi connectivity index (χ2n) is 3.01. The van der Waals surface area contributed by atoms with Crippen LogP contribution in [0.4, 0.5) is 0 Å². The third-order valence-electron chi connectivity index (χ3n) is 2.04. The van der Waals surface area contributed by atoms with E-state index in [-0.39, 0.29) is 10.8 Å². The molecule has 0 heterocycles. The van der Waals surface area contributed by atoms with E-state index in [1.165, 1.54) is 6.07 Å². The largest absolute Gasteiger partial charge is 0.288 e. The Hall–Kier alpha value is -1.47. The van der Waals surface area contributed by atoms with Gasteiger partial charge in [0, 0.05) is 0 Å². The van der Waals surface area contributed by atoms with Gasteiger partial charge in [0.2, 0.25) is 0 Å². The van der Waals surface area contributed by atoms with Crippen LogP contribution in [0.25, 0.3) is 11.1 Å². The van der Waals surface area contributed by atoms with Gasteiger partial charge in [0.15, 0.2) is 5.75 Å². The molecule has 0 spiro atoms. The number of hydrogen-bond donors (Lipinski definition) is 0. The second-order valence-corrected chi connectivity index (χ2v) is 3.42. The maximum atomic E-state index is 11.1. The summed E-state index contributed by atoms with van der Waals surface area (Å²) in [5, 5.41) is 11.3. The van der Waals surface area contributed by atoms with E-state index in [2.05, 4.69) is 0 Å². The van der Waals surface area contributed by atoms with Crippen LogP contribution in [-0.4, -0.2) is 0 Å². The van der Waals surface area contributed by atoms with Gasteiger partial charge in [-0.25, -0.2) is 0 Å². The van der Waals surface area contributed by atoms with Crippen LogP contribution in [-0.2, 0) is 5.11 Å². The van der Waals surface area contributed by atoms with E-state index in [9.17, 15) is 5.11 Å². The van der Waals surface area contributed by atoms with Crippen molar-refractivity contribution in [3.05, 3.63) is 53.6 Å². The third kappa shape index (κ3) is 1.73. The first-order valence-electron chi connectivity index (χ1n) is 4.29. The van der Waals surface area contributed by atoms with Crippen molar-refractivity contribution < 1.29 is 5.11 Å². The smallest absolute Gasteiger partial charge is 0.197 e. The molecule has 0 aliphatic rings. The van der Waals surface area contributed by atoms with Gasteiger partial charge in [-0.15, -0.1) is 0 Å². The van der Waals surface area contributed by atoms with Gasteiger partial charge in [0.25, 0.3) is 0 Å². The lowest BCUT2D eigenvalue weighted by molar-refractivity contribution is 0.355. The fraction of sp³-hybridized carbons (Fsp3) is 0. The van der Waals surface area contributed by atoms with Crippen molar-refractivity contribution in [3.8, 4) is 16.9 Å². The zero-order valence-electron chi connectivity index (χ0n) is 7.41. The van der Waals surface area contributed by atoms with Crippen molar-refractivity contribution in [1.82, 2.24) is 0 Å². The Balaban J connectivity index is 2.48. The molecule has 0 N–H and O–H groups in total. The highest BCUT2D eigenvalue weighted by Crippen LogP contribution is 2.29. The van der Waals surface area contributed by atoms with Gasteiger partial charge >= 0.3 is 0 Å². The van der Waals surface area contributed by atoms with Crippen LogP contribution < -0.4 is 0 Å². The molecule has 1 nitrogen and oxygen atoms in total. The maximum absolute atomic E-state index is 11.1. The molecule has 2 aromatic rings. The SMILES string of the molecule is [O]c1ccc(-c2ccccc2)cc1Cl. The van der Waals surface area contributed by atoms with E-state index < -0.39 is 0 Å². The Morgan fingerprint density at radius 3 is 2.21 bits per heavy atom. The van der Waals surface area contributed by atoms with E-state index in [0.717, 1.165) is 11.1 Å². The van der Waals surface area contributed by atoms with Crippen molar-refractivity contribution in [2.24, 2.45) is 0 Å². The molecular weight excluding hydrogens is 196 g/mol. The zero-order valence-corrected chi connectivity index (χ0v) is 8.16. The van der Waals surface area contributed by atoms with Crippen LogP contribution in [0.15, 0.2) is 48.5 Å². The summed E-state index contributed by atoms with van der Waals surface area (Å²) in [6, 6.07) is 14.8. The molecule has 69 valence electrons. The Labute approximate surface area is 87.6 Å². The van der Waals surface area contributed by atoms with Crippen molar-refractivity contribution in [2.75, 3.05) is 0 Å². The molecular formula is C12H8ClO. The summed E-state index contributed by atoms with van der Waals surface area (Å²) < 4.78 is 0. The van der Waals surface area contributed by atoms with E-state index in [1.54, 1.807) is 12.1 Å². The highest BCUT2D eigenvalue weighted by molar-refractivity contribution is 6.32. The Bertz CT molecular complexity index is 437. The Morgan fingerprint density at radius 1 is 0.857 bits per heavy atom. The fourth-order valence-corrected chi connectivity index (χ4v) is 1.49. The topological polar surface area (TPSA) is 19.9 Å². The highest BCUT2D eigenvalue weighted by Gasteiger charge is 2.02. The zero-order chi connectivity index (χ0) is 9.97. The van der Waals surface area contributed by atoms with Crippen LogP contribution in [0.3, 0.4) is 0 Å². The van der Waals surface area contributed by atoms with Crippen LogP contribution in [0.1, 0.15) is 0 Å². The quantitative estimate of drug-likeness (QED) is 0.664. The van der Waals surface area contributed by atoms with E-state index in [0.29, 0.717) is 0 Å². The minimum absolute atomic E-state index is 0.133. The summed E-state index contributed by atoms with van der Waals surface area (Å²) in [5.74, 6) is -0.133. The first-order chi connectivity index (χ1) is 6.77. The van der Waals surface area contributed by atoms with Gasteiger partial charge in [-0.05, 0) is 23.3 Å². The monoisotopic (exact) mass is 203 g/mol. The van der Waals surface area contributed by atoms with Crippen molar-refractivity contribution in [3.63, 3.8) is 0 Å². The van der Waals surface area contributed by atoms with Crippen LogP contribution in [0.2, 0.25) is 5.02 Å². The fourth-order valence-electron chi connectivity index (χ4n) is 1.31. The van der Waals surface area contributed by atoms with Crippen molar-refractivity contribution in [2.45, 2.75) is 0 Å². The molecule has 2 rings (SSSR count). The molecule has 0 aliphatic carbocycles. The van der Waals surface area contributed by atoms with Crippen molar-refractivity contribution in [1.29, 1.82) is 0 Å². The number of halogens is 1. The predicted molar refractivity (Wildman–Crippen MR) is 57.0 cm³/mol. The van der Waals surface area contributed by atoms with Gasteiger partial charge in [0.1, 0.15) is 0 Å². The molecule has 0 aromatic heterocycles. The molecule has 0 bridgehead atoms. The summed E-state index contributed by atoms with van der Waals surface area (Å²) in [6.45, 7) is 0. The van der Waals surface area contributed by atoms with Crippen molar-refractivity contribution >= 4 is 11.6 Å². The average Bonchev–Trinajstić information content (AvgIpc) is 2.23. The second kappa shape index (κ2) is 3.72. The Kier molecular flexibility index (Phi) is 2.42. The summed E-state index contributed by atoms with van der Waals surface area (Å²) in [5.41, 5.74) is 2.03. The number of rotatable bonds is 1. The molecule has 0 amide bonds. The molecule has 0 aliphatic heterocycles.